The Kier molecular flexibility index (Phi) is 28.4. The Morgan fingerprint density at radius 1 is 1.00 bits per heavy atom. The molecule has 0 aromatic heterocycles. The zero-order chi connectivity index (χ0) is 6.24. The molecular weight excluding hydrogens is 231 g/mol. The first-order valence-electron chi connectivity index (χ1n) is 3.71. The number of hydrogen-bond donors (Lipinski definition) is 0. The summed E-state index contributed by atoms with van der Waals surface area (Å²) in [6, 6.07) is 0. The van der Waals surface area contributed by atoms with Crippen molar-refractivity contribution in [1.29, 1.82) is 0 Å². The molecule has 0 rings (SSSR count). The van der Waals surface area contributed by atoms with Gasteiger partial charge in [-0.25, -0.2) is 0 Å². The van der Waals surface area contributed by atoms with Crippen molar-refractivity contribution in [3.8, 4) is 0 Å². The number of unbranched alkanes of at least 4 members (excludes halogenated alkanes) is 5. The van der Waals surface area contributed by atoms with Crippen LogP contribution in [0, 0.1) is 6.92 Å². The van der Waals surface area contributed by atoms with Gasteiger partial charge in [-0.1, -0.05) is 52.4 Å². The number of rotatable bonds is 5. The summed E-state index contributed by atoms with van der Waals surface area (Å²) >= 11 is 0. The second-order valence-corrected chi connectivity index (χ2v) is 2.27. The van der Waals surface area contributed by atoms with E-state index in [1.807, 2.05) is 0 Å². The van der Waals surface area contributed by atoms with E-state index in [9.17, 15) is 0 Å². The molecule has 0 atom stereocenters. The Balaban J connectivity index is -0.000000245. The van der Waals surface area contributed by atoms with Crippen molar-refractivity contribution in [2.24, 2.45) is 0 Å². The summed E-state index contributed by atoms with van der Waals surface area (Å²) in [5, 5.41) is 0. The standard InChI is InChI=1S/C8H17.BrH.Mn/c1-3-5-7-8-6-4-2;;/h1,3-8H2,2H3;1H;/p-1. The Morgan fingerprint density at radius 3 is 1.90 bits per heavy atom. The summed E-state index contributed by atoms with van der Waals surface area (Å²) in [4.78, 5) is 0. The number of halogens is 1. The average Bonchev–Trinajstić information content (AvgIpc) is 1.81. The van der Waals surface area contributed by atoms with Crippen LogP contribution in [-0.2, 0) is 17.1 Å². The fourth-order valence-electron chi connectivity index (χ4n) is 0.780. The second-order valence-electron chi connectivity index (χ2n) is 2.27. The molecular formula is C8H17BrMn-. The molecule has 0 aliphatic rings. The van der Waals surface area contributed by atoms with E-state index in [0.717, 1.165) is 6.42 Å². The van der Waals surface area contributed by atoms with Crippen LogP contribution in [0.3, 0.4) is 0 Å². The first-order valence-corrected chi connectivity index (χ1v) is 3.71. The summed E-state index contributed by atoms with van der Waals surface area (Å²) in [5.41, 5.74) is 0. The fraction of sp³-hybridized carbons (Fsp3) is 0.875. The maximum absolute atomic E-state index is 3.78. The topological polar surface area (TPSA) is 0 Å². The molecule has 0 unspecified atom stereocenters. The molecule has 0 saturated heterocycles. The van der Waals surface area contributed by atoms with Gasteiger partial charge >= 0.3 is 0 Å². The van der Waals surface area contributed by atoms with E-state index in [2.05, 4.69) is 13.8 Å². The molecule has 0 bridgehead atoms. The van der Waals surface area contributed by atoms with Gasteiger partial charge in [0.1, 0.15) is 0 Å². The summed E-state index contributed by atoms with van der Waals surface area (Å²) in [6.07, 6.45) is 7.98. The first-order chi connectivity index (χ1) is 3.91. The maximum atomic E-state index is 3.78. The zero-order valence-corrected chi connectivity index (χ0v) is 9.47. The molecule has 64 valence electrons. The third-order valence-electron chi connectivity index (χ3n) is 1.35. The van der Waals surface area contributed by atoms with Crippen molar-refractivity contribution in [3.05, 3.63) is 6.92 Å². The van der Waals surface area contributed by atoms with Crippen LogP contribution in [-0.4, -0.2) is 0 Å². The van der Waals surface area contributed by atoms with E-state index in [-0.39, 0.29) is 34.1 Å². The Hall–Kier alpha value is 0.999. The molecule has 0 aromatic rings. The van der Waals surface area contributed by atoms with Crippen LogP contribution in [0.15, 0.2) is 0 Å². The van der Waals surface area contributed by atoms with Gasteiger partial charge in [-0.05, 0) is 0 Å². The molecule has 0 spiro atoms. The van der Waals surface area contributed by atoms with Gasteiger partial charge in [0.05, 0.1) is 0 Å². The molecule has 0 amide bonds. The molecule has 0 aliphatic carbocycles. The predicted octanol–water partition coefficient (Wildman–Crippen LogP) is 0.182. The third kappa shape index (κ3) is 16.0. The van der Waals surface area contributed by atoms with Crippen LogP contribution >= 0.6 is 0 Å². The van der Waals surface area contributed by atoms with Gasteiger partial charge in [0, 0.05) is 17.1 Å². The van der Waals surface area contributed by atoms with Crippen LogP contribution in [0.2, 0.25) is 0 Å². The van der Waals surface area contributed by atoms with Gasteiger partial charge < -0.3 is 17.0 Å². The van der Waals surface area contributed by atoms with Gasteiger partial charge in [-0.3, -0.25) is 0 Å². The minimum absolute atomic E-state index is 0. The fourth-order valence-corrected chi connectivity index (χ4v) is 0.780. The second kappa shape index (κ2) is 16.5. The van der Waals surface area contributed by atoms with Crippen molar-refractivity contribution >= 4 is 0 Å². The van der Waals surface area contributed by atoms with Crippen molar-refractivity contribution in [1.82, 2.24) is 0 Å². The van der Waals surface area contributed by atoms with Gasteiger partial charge in [-0.2, -0.15) is 0 Å². The van der Waals surface area contributed by atoms with E-state index in [4.69, 9.17) is 0 Å². The summed E-state index contributed by atoms with van der Waals surface area (Å²) in [6.45, 7) is 6.02. The Bertz CT molecular complexity index is 34.2. The Labute approximate surface area is 86.4 Å². The molecule has 0 N–H and O–H groups in total. The van der Waals surface area contributed by atoms with Crippen LogP contribution < -0.4 is 17.0 Å². The average molecular weight is 248 g/mol. The summed E-state index contributed by atoms with van der Waals surface area (Å²) < 4.78 is 0. The quantitative estimate of drug-likeness (QED) is 0.481. The largest absolute Gasteiger partial charge is 1.00 e. The van der Waals surface area contributed by atoms with Gasteiger partial charge in [0.15, 0.2) is 0 Å². The molecule has 0 aromatic carbocycles. The minimum Gasteiger partial charge on any atom is -1.00 e. The van der Waals surface area contributed by atoms with E-state index in [1.165, 1.54) is 32.1 Å². The van der Waals surface area contributed by atoms with Crippen LogP contribution in [0.5, 0.6) is 0 Å². The van der Waals surface area contributed by atoms with Crippen LogP contribution in [0.4, 0.5) is 0 Å². The van der Waals surface area contributed by atoms with Gasteiger partial charge in [0.25, 0.3) is 0 Å². The van der Waals surface area contributed by atoms with E-state index < -0.39 is 0 Å². The predicted molar refractivity (Wildman–Crippen MR) is 38.7 cm³/mol. The van der Waals surface area contributed by atoms with E-state index in [1.54, 1.807) is 0 Å². The van der Waals surface area contributed by atoms with Crippen molar-refractivity contribution < 1.29 is 34.1 Å². The molecule has 0 nitrogen and oxygen atoms in total. The monoisotopic (exact) mass is 247 g/mol. The minimum atomic E-state index is 0. The van der Waals surface area contributed by atoms with E-state index in [0.29, 0.717) is 0 Å². The molecule has 2 heteroatoms. The maximum Gasteiger partial charge on any atom is 0 e. The molecule has 0 fully saturated rings. The van der Waals surface area contributed by atoms with E-state index >= 15 is 0 Å². The Morgan fingerprint density at radius 2 is 1.50 bits per heavy atom. The third-order valence-corrected chi connectivity index (χ3v) is 1.35. The first kappa shape index (κ1) is 17.2. The van der Waals surface area contributed by atoms with Crippen molar-refractivity contribution in [2.75, 3.05) is 0 Å². The molecule has 10 heavy (non-hydrogen) atoms. The van der Waals surface area contributed by atoms with Crippen LogP contribution in [0.25, 0.3) is 0 Å². The van der Waals surface area contributed by atoms with Crippen molar-refractivity contribution in [3.63, 3.8) is 0 Å². The summed E-state index contributed by atoms with van der Waals surface area (Å²) in [5.74, 6) is 0. The van der Waals surface area contributed by atoms with Gasteiger partial charge in [-0.15, -0.1) is 0 Å². The summed E-state index contributed by atoms with van der Waals surface area (Å²) in [7, 11) is 0. The van der Waals surface area contributed by atoms with Crippen LogP contribution in [0.1, 0.15) is 45.4 Å². The molecule has 0 heterocycles. The van der Waals surface area contributed by atoms with Crippen molar-refractivity contribution in [2.45, 2.75) is 45.4 Å². The SMILES string of the molecule is [Br-].[CH2]CCCCCCC.[Mn]. The number of hydrogen-bond acceptors (Lipinski definition) is 0. The molecule has 0 aliphatic heterocycles. The zero-order valence-electron chi connectivity index (χ0n) is 6.71. The normalized spacial score (nSPS) is 7.80. The smallest absolute Gasteiger partial charge is 0 e. The molecule has 2 radical (unpaired) electrons. The van der Waals surface area contributed by atoms with Gasteiger partial charge in [0.2, 0.25) is 0 Å². The molecule has 0 saturated carbocycles.